The highest BCUT2D eigenvalue weighted by molar-refractivity contribution is 7.47. The summed E-state index contributed by atoms with van der Waals surface area (Å²) in [6, 6.07) is 0. The number of carbonyl (C=O) groups is 2. The summed E-state index contributed by atoms with van der Waals surface area (Å²) in [4.78, 5) is 35.2. The molecule has 2 atom stereocenters. The molecule has 9 nitrogen and oxygen atoms in total. The van der Waals surface area contributed by atoms with Gasteiger partial charge in [-0.05, 0) is 83.5 Å². The minimum Gasteiger partial charge on any atom is -0.462 e. The van der Waals surface area contributed by atoms with Crippen LogP contribution in [0.15, 0.2) is 97.2 Å². The van der Waals surface area contributed by atoms with E-state index < -0.39 is 32.5 Å². The first-order chi connectivity index (χ1) is 38.8. The number of phosphoric ester groups is 1. The van der Waals surface area contributed by atoms with E-state index >= 15 is 0 Å². The van der Waals surface area contributed by atoms with Gasteiger partial charge in [0.15, 0.2) is 6.10 Å². The molecule has 0 aromatic heterocycles. The van der Waals surface area contributed by atoms with Crippen LogP contribution in [0.5, 0.6) is 0 Å². The maximum Gasteiger partial charge on any atom is 0.472 e. The predicted octanol–water partition coefficient (Wildman–Crippen LogP) is 21.2. The molecule has 0 aliphatic carbocycles. The van der Waals surface area contributed by atoms with Crippen LogP contribution in [-0.2, 0) is 32.7 Å². The fraction of sp³-hybridized carbons (Fsp3) is 0.739. The summed E-state index contributed by atoms with van der Waals surface area (Å²) < 4.78 is 33.0. The summed E-state index contributed by atoms with van der Waals surface area (Å²) in [6.07, 6.45) is 86.8. The number of phosphoric acid groups is 1. The number of hydrogen-bond acceptors (Lipinski definition) is 8. The molecule has 456 valence electrons. The second kappa shape index (κ2) is 64.1. The molecule has 2 unspecified atom stereocenters. The van der Waals surface area contributed by atoms with Gasteiger partial charge in [-0.1, -0.05) is 297 Å². The van der Waals surface area contributed by atoms with Crippen LogP contribution in [0.4, 0.5) is 0 Å². The molecular weight excluding hydrogens is 1000 g/mol. The Kier molecular flexibility index (Phi) is 61.6. The van der Waals surface area contributed by atoms with Gasteiger partial charge in [0.1, 0.15) is 6.61 Å². The molecule has 3 N–H and O–H groups in total. The van der Waals surface area contributed by atoms with Crippen molar-refractivity contribution >= 4 is 19.8 Å². The molecule has 0 spiro atoms. The molecule has 0 amide bonds. The summed E-state index contributed by atoms with van der Waals surface area (Å²) in [7, 11) is -4.41. The molecular formula is C69H122NO8P. The molecule has 10 heteroatoms. The molecule has 0 saturated carbocycles. The van der Waals surface area contributed by atoms with Crippen LogP contribution in [0.2, 0.25) is 0 Å². The third-order valence-electron chi connectivity index (χ3n) is 14.0. The molecule has 0 aliphatic heterocycles. The zero-order chi connectivity index (χ0) is 57.3. The van der Waals surface area contributed by atoms with E-state index in [0.717, 1.165) is 64.2 Å². The van der Waals surface area contributed by atoms with Gasteiger partial charge in [0, 0.05) is 19.4 Å². The molecule has 0 aromatic rings. The van der Waals surface area contributed by atoms with Crippen molar-refractivity contribution in [1.82, 2.24) is 0 Å². The smallest absolute Gasteiger partial charge is 0.462 e. The lowest BCUT2D eigenvalue weighted by Gasteiger charge is -2.19. The minimum atomic E-state index is -4.41. The normalized spacial score (nSPS) is 13.6. The number of carbonyl (C=O) groups excluding carboxylic acids is 2. The number of esters is 2. The van der Waals surface area contributed by atoms with Crippen molar-refractivity contribution in [3.05, 3.63) is 97.2 Å². The van der Waals surface area contributed by atoms with E-state index in [4.69, 9.17) is 24.3 Å². The molecule has 0 fully saturated rings. The average molecular weight is 1120 g/mol. The van der Waals surface area contributed by atoms with E-state index in [1.54, 1.807) is 0 Å². The van der Waals surface area contributed by atoms with Crippen LogP contribution in [0.25, 0.3) is 0 Å². The van der Waals surface area contributed by atoms with E-state index in [1.165, 1.54) is 199 Å². The third kappa shape index (κ3) is 64.0. The fourth-order valence-corrected chi connectivity index (χ4v) is 9.93. The Morgan fingerprint density at radius 2 is 0.722 bits per heavy atom. The van der Waals surface area contributed by atoms with Crippen molar-refractivity contribution in [2.75, 3.05) is 26.4 Å². The van der Waals surface area contributed by atoms with E-state index in [1.807, 2.05) is 12.2 Å². The van der Waals surface area contributed by atoms with E-state index in [2.05, 4.69) is 98.9 Å². The Morgan fingerprint density at radius 1 is 0.392 bits per heavy atom. The number of unbranched alkanes of at least 4 members (excludes halogenated alkanes) is 32. The predicted molar refractivity (Wildman–Crippen MR) is 339 cm³/mol. The zero-order valence-electron chi connectivity index (χ0n) is 51.1. The molecule has 0 bridgehead atoms. The van der Waals surface area contributed by atoms with Gasteiger partial charge >= 0.3 is 19.8 Å². The molecule has 0 aromatic carbocycles. The Balaban J connectivity index is 3.84. The highest BCUT2D eigenvalue weighted by Crippen LogP contribution is 2.43. The molecule has 0 heterocycles. The van der Waals surface area contributed by atoms with Crippen molar-refractivity contribution in [3.8, 4) is 0 Å². The average Bonchev–Trinajstić information content (AvgIpc) is 3.44. The number of ether oxygens (including phenoxy) is 2. The highest BCUT2D eigenvalue weighted by atomic mass is 31.2. The Labute approximate surface area is 486 Å². The lowest BCUT2D eigenvalue weighted by molar-refractivity contribution is -0.161. The zero-order valence-corrected chi connectivity index (χ0v) is 52.0. The van der Waals surface area contributed by atoms with E-state index in [-0.39, 0.29) is 32.6 Å². The molecule has 79 heavy (non-hydrogen) atoms. The second-order valence-electron chi connectivity index (χ2n) is 21.6. The van der Waals surface area contributed by atoms with Crippen LogP contribution in [0.3, 0.4) is 0 Å². The van der Waals surface area contributed by atoms with Crippen molar-refractivity contribution < 1.29 is 37.6 Å². The maximum absolute atomic E-state index is 12.7. The van der Waals surface area contributed by atoms with E-state index in [9.17, 15) is 19.0 Å². The first-order valence-corrected chi connectivity index (χ1v) is 34.2. The molecule has 0 aliphatic rings. The van der Waals surface area contributed by atoms with Crippen molar-refractivity contribution in [2.45, 2.75) is 302 Å². The lowest BCUT2D eigenvalue weighted by atomic mass is 10.0. The van der Waals surface area contributed by atoms with Crippen LogP contribution < -0.4 is 5.73 Å². The first kappa shape index (κ1) is 75.9. The molecule has 0 radical (unpaired) electrons. The largest absolute Gasteiger partial charge is 0.472 e. The SMILES string of the molecule is CC/C=C\C/C=C\C/C=C\C/C=C\C/C=C\C/C=C\CCC(=O)OC(COC(=O)CCCCCCCCCCCCCCCCCCCCCCCCCCCCC/C=C\C/C=C\CCCCCCC)COP(=O)(O)OCCN. The summed E-state index contributed by atoms with van der Waals surface area (Å²) >= 11 is 0. The van der Waals surface area contributed by atoms with Crippen LogP contribution in [0, 0.1) is 0 Å². The van der Waals surface area contributed by atoms with Crippen LogP contribution in [0.1, 0.15) is 296 Å². The Morgan fingerprint density at radius 3 is 1.09 bits per heavy atom. The third-order valence-corrected chi connectivity index (χ3v) is 15.0. The quantitative estimate of drug-likeness (QED) is 0.0264. The Bertz CT molecular complexity index is 1610. The number of rotatable bonds is 61. The lowest BCUT2D eigenvalue weighted by Crippen LogP contribution is -2.29. The fourth-order valence-electron chi connectivity index (χ4n) is 9.17. The summed E-state index contributed by atoms with van der Waals surface area (Å²) in [5.74, 6) is -0.921. The Hall–Kier alpha value is -3.07. The van der Waals surface area contributed by atoms with Gasteiger partial charge in [0.05, 0.1) is 13.2 Å². The second-order valence-corrected chi connectivity index (χ2v) is 23.1. The van der Waals surface area contributed by atoms with Crippen molar-refractivity contribution in [3.63, 3.8) is 0 Å². The van der Waals surface area contributed by atoms with E-state index in [0.29, 0.717) is 6.42 Å². The number of allylic oxidation sites excluding steroid dienone is 16. The molecule has 0 rings (SSSR count). The number of nitrogens with two attached hydrogens (primary N) is 1. The van der Waals surface area contributed by atoms with Gasteiger partial charge in [-0.25, -0.2) is 4.57 Å². The minimum absolute atomic E-state index is 0.0389. The van der Waals surface area contributed by atoms with Gasteiger partial charge in [-0.15, -0.1) is 0 Å². The van der Waals surface area contributed by atoms with Gasteiger partial charge in [0.25, 0.3) is 0 Å². The summed E-state index contributed by atoms with van der Waals surface area (Å²) in [5, 5.41) is 0. The monoisotopic (exact) mass is 1120 g/mol. The standard InChI is InChI=1S/C69H122NO8P/c1-3-5-7-9-11-13-15-17-19-21-23-24-25-26-27-28-29-30-31-32-33-34-35-36-37-38-39-40-41-42-44-45-47-49-51-53-55-57-59-61-68(71)75-65-67(66-77-79(73,74)76-64-63-70)78-69(72)62-60-58-56-54-52-50-48-46-43-22-20-18-16-14-12-10-8-6-4-2/h6,8,12,14-15,17-18,20-21,23,43,46,50,52,56,58,67H,3-5,7,9-11,13,16,19,22,24-42,44-45,47-49,51,53-55,57,59-66,70H2,1-2H3,(H,73,74)/b8-6-,14-12-,17-15-,20-18-,23-21-,46-43-,52-50-,58-56-. The van der Waals surface area contributed by atoms with Gasteiger partial charge in [-0.2, -0.15) is 0 Å². The van der Waals surface area contributed by atoms with Gasteiger partial charge in [0.2, 0.25) is 0 Å². The topological polar surface area (TPSA) is 134 Å². The van der Waals surface area contributed by atoms with Gasteiger partial charge in [-0.3, -0.25) is 18.6 Å². The van der Waals surface area contributed by atoms with Crippen molar-refractivity contribution in [2.24, 2.45) is 5.73 Å². The van der Waals surface area contributed by atoms with Crippen LogP contribution >= 0.6 is 7.82 Å². The number of hydrogen-bond donors (Lipinski definition) is 2. The van der Waals surface area contributed by atoms with Crippen LogP contribution in [-0.4, -0.2) is 49.3 Å². The maximum atomic E-state index is 12.7. The first-order valence-electron chi connectivity index (χ1n) is 32.7. The summed E-state index contributed by atoms with van der Waals surface area (Å²) in [6.45, 7) is 3.55. The summed E-state index contributed by atoms with van der Waals surface area (Å²) in [5.41, 5.74) is 5.38. The highest BCUT2D eigenvalue weighted by Gasteiger charge is 2.26. The van der Waals surface area contributed by atoms with Crippen molar-refractivity contribution in [1.29, 1.82) is 0 Å². The molecule has 0 saturated heterocycles. The van der Waals surface area contributed by atoms with Gasteiger partial charge < -0.3 is 20.1 Å².